The lowest BCUT2D eigenvalue weighted by atomic mass is 10.1. The molecule has 0 atom stereocenters. The van der Waals surface area contributed by atoms with Gasteiger partial charge in [-0.3, -0.25) is 14.2 Å². The third kappa shape index (κ3) is 4.26. The summed E-state index contributed by atoms with van der Waals surface area (Å²) in [5.41, 5.74) is 2.56. The van der Waals surface area contributed by atoms with Gasteiger partial charge >= 0.3 is 5.97 Å². The first-order chi connectivity index (χ1) is 16.0. The Labute approximate surface area is 190 Å². The molecule has 0 fully saturated rings. The molecule has 1 aliphatic heterocycles. The van der Waals surface area contributed by atoms with Crippen molar-refractivity contribution >= 4 is 28.5 Å². The first-order valence-electron chi connectivity index (χ1n) is 10.6. The molecule has 172 valence electrons. The van der Waals surface area contributed by atoms with Crippen molar-refractivity contribution in [2.45, 2.75) is 25.8 Å². The molecule has 1 amide bonds. The van der Waals surface area contributed by atoms with Crippen LogP contribution >= 0.6 is 0 Å². The number of aromatic nitrogens is 2. The van der Waals surface area contributed by atoms with Crippen LogP contribution in [0, 0.1) is 0 Å². The predicted molar refractivity (Wildman–Crippen MR) is 122 cm³/mol. The number of carbonyl (C=O) groups is 2. The van der Waals surface area contributed by atoms with Crippen molar-refractivity contribution in [3.05, 3.63) is 58.1 Å². The second kappa shape index (κ2) is 9.32. The van der Waals surface area contributed by atoms with Gasteiger partial charge in [0.25, 0.3) is 5.56 Å². The van der Waals surface area contributed by atoms with E-state index in [0.29, 0.717) is 53.9 Å². The summed E-state index contributed by atoms with van der Waals surface area (Å²) in [6.07, 6.45) is 2.95. The van der Waals surface area contributed by atoms with E-state index >= 15 is 0 Å². The van der Waals surface area contributed by atoms with Gasteiger partial charge in [-0.25, -0.2) is 9.78 Å². The van der Waals surface area contributed by atoms with Crippen LogP contribution in [0.4, 0.5) is 5.69 Å². The number of carbonyl (C=O) groups excluding carboxylic acids is 2. The Balaban J connectivity index is 1.44. The normalized spacial score (nSPS) is 12.5. The van der Waals surface area contributed by atoms with Crippen LogP contribution in [0.5, 0.6) is 11.5 Å². The lowest BCUT2D eigenvalue weighted by Gasteiger charge is -2.17. The van der Waals surface area contributed by atoms with Gasteiger partial charge in [0.15, 0.2) is 11.5 Å². The van der Waals surface area contributed by atoms with Gasteiger partial charge in [-0.05, 0) is 42.7 Å². The Hall–Kier alpha value is -3.88. The lowest BCUT2D eigenvalue weighted by Crippen LogP contribution is -2.29. The van der Waals surface area contributed by atoms with Crippen molar-refractivity contribution in [2.24, 2.45) is 0 Å². The molecule has 9 nitrogen and oxygen atoms in total. The molecule has 4 rings (SSSR count). The van der Waals surface area contributed by atoms with Gasteiger partial charge in [0.1, 0.15) is 0 Å². The molecule has 0 spiro atoms. The quantitative estimate of drug-likeness (QED) is 0.509. The Morgan fingerprint density at radius 1 is 1.06 bits per heavy atom. The molecule has 33 heavy (non-hydrogen) atoms. The van der Waals surface area contributed by atoms with Crippen molar-refractivity contribution in [2.75, 3.05) is 32.8 Å². The largest absolute Gasteiger partial charge is 0.493 e. The highest BCUT2D eigenvalue weighted by atomic mass is 16.5. The van der Waals surface area contributed by atoms with E-state index in [0.717, 1.165) is 11.3 Å². The van der Waals surface area contributed by atoms with E-state index in [9.17, 15) is 14.4 Å². The van der Waals surface area contributed by atoms with Gasteiger partial charge in [-0.15, -0.1) is 0 Å². The summed E-state index contributed by atoms with van der Waals surface area (Å²) < 4.78 is 16.8. The highest BCUT2D eigenvalue weighted by Gasteiger charge is 2.25. The summed E-state index contributed by atoms with van der Waals surface area (Å²) >= 11 is 0. The molecule has 0 saturated carbocycles. The van der Waals surface area contributed by atoms with E-state index < -0.39 is 5.97 Å². The van der Waals surface area contributed by atoms with Crippen LogP contribution in [0.25, 0.3) is 10.9 Å². The van der Waals surface area contributed by atoms with E-state index in [2.05, 4.69) is 4.98 Å². The Morgan fingerprint density at radius 3 is 2.55 bits per heavy atom. The predicted octanol–water partition coefficient (Wildman–Crippen LogP) is 2.57. The van der Waals surface area contributed by atoms with Gasteiger partial charge in [-0.1, -0.05) is 0 Å². The lowest BCUT2D eigenvalue weighted by molar-refractivity contribution is -0.118. The number of benzene rings is 2. The summed E-state index contributed by atoms with van der Waals surface area (Å²) in [5.74, 6) is 0.547. The van der Waals surface area contributed by atoms with Crippen LogP contribution in [0.15, 0.2) is 41.5 Å². The topological polar surface area (TPSA) is 100.0 Å². The Morgan fingerprint density at radius 2 is 1.82 bits per heavy atom. The summed E-state index contributed by atoms with van der Waals surface area (Å²) in [6.45, 7) is 0.932. The zero-order chi connectivity index (χ0) is 23.5. The van der Waals surface area contributed by atoms with Gasteiger partial charge in [0, 0.05) is 31.3 Å². The Kier molecular flexibility index (Phi) is 6.30. The number of hydrogen-bond acceptors (Lipinski definition) is 7. The number of aryl methyl sites for hydroxylation is 1. The fourth-order valence-corrected chi connectivity index (χ4v) is 4.09. The maximum absolute atomic E-state index is 12.9. The summed E-state index contributed by atoms with van der Waals surface area (Å²) in [6, 6.07) is 8.51. The van der Waals surface area contributed by atoms with E-state index in [1.807, 2.05) is 0 Å². The molecular formula is C24H25N3O6. The third-order valence-corrected chi connectivity index (χ3v) is 5.82. The minimum absolute atomic E-state index is 0.0206. The van der Waals surface area contributed by atoms with E-state index in [4.69, 9.17) is 14.2 Å². The highest BCUT2D eigenvalue weighted by Crippen LogP contribution is 2.31. The number of ether oxygens (including phenoxy) is 3. The first kappa shape index (κ1) is 22.3. The van der Waals surface area contributed by atoms with Crippen LogP contribution in [-0.2, 0) is 22.5 Å². The minimum atomic E-state index is -0.395. The van der Waals surface area contributed by atoms with Crippen LogP contribution < -0.4 is 19.9 Å². The van der Waals surface area contributed by atoms with Gasteiger partial charge in [0.2, 0.25) is 5.91 Å². The number of nitrogens with zero attached hydrogens (tertiary/aromatic N) is 3. The zero-order valence-electron chi connectivity index (χ0n) is 18.8. The molecule has 0 N–H and O–H groups in total. The fraction of sp³-hybridized carbons (Fsp3) is 0.333. The summed E-state index contributed by atoms with van der Waals surface area (Å²) in [5, 5.41) is 0.427. The number of anilines is 1. The Bertz CT molecular complexity index is 1280. The molecule has 9 heteroatoms. The molecule has 2 aromatic carbocycles. The third-order valence-electron chi connectivity index (χ3n) is 5.82. The van der Waals surface area contributed by atoms with Crippen molar-refractivity contribution in [1.82, 2.24) is 9.55 Å². The molecule has 0 bridgehead atoms. The van der Waals surface area contributed by atoms with Crippen molar-refractivity contribution in [1.29, 1.82) is 0 Å². The maximum atomic E-state index is 12.9. The maximum Gasteiger partial charge on any atom is 0.337 e. The first-order valence-corrected chi connectivity index (χ1v) is 10.6. The number of methoxy groups -OCH3 is 3. The summed E-state index contributed by atoms with van der Waals surface area (Å²) in [4.78, 5) is 43.5. The zero-order valence-corrected chi connectivity index (χ0v) is 18.8. The number of amides is 1. The van der Waals surface area contributed by atoms with Gasteiger partial charge in [-0.2, -0.15) is 0 Å². The minimum Gasteiger partial charge on any atom is -0.493 e. The molecule has 0 saturated heterocycles. The molecule has 0 radical (unpaired) electrons. The molecule has 2 heterocycles. The molecule has 0 aliphatic carbocycles. The SMILES string of the molecule is COC(=O)c1ccc2c(c1)CCN2C(=O)CCCn1cnc2cc(OC)c(OC)cc2c1=O. The number of esters is 1. The van der Waals surface area contributed by atoms with Gasteiger partial charge < -0.3 is 19.1 Å². The number of rotatable bonds is 7. The van der Waals surface area contributed by atoms with Crippen molar-refractivity contribution in [3.63, 3.8) is 0 Å². The average Bonchev–Trinajstić information content (AvgIpc) is 3.27. The van der Waals surface area contributed by atoms with Crippen LogP contribution in [0.1, 0.15) is 28.8 Å². The smallest absolute Gasteiger partial charge is 0.337 e. The summed E-state index contributed by atoms with van der Waals surface area (Å²) in [7, 11) is 4.38. The molecule has 1 aliphatic rings. The highest BCUT2D eigenvalue weighted by molar-refractivity contribution is 5.97. The van der Waals surface area contributed by atoms with Crippen LogP contribution in [-0.4, -0.2) is 49.3 Å². The number of hydrogen-bond donors (Lipinski definition) is 0. The fourth-order valence-electron chi connectivity index (χ4n) is 4.09. The second-order valence-corrected chi connectivity index (χ2v) is 7.70. The van der Waals surface area contributed by atoms with E-state index in [1.165, 1.54) is 32.2 Å². The standard InChI is InChI=1S/C24H25N3O6/c1-31-20-12-17-18(13-21(20)32-2)25-14-26(23(17)29)9-4-5-22(28)27-10-8-15-11-16(24(30)33-3)6-7-19(15)27/h6-7,11-14H,4-5,8-10H2,1-3H3. The second-order valence-electron chi connectivity index (χ2n) is 7.70. The van der Waals surface area contributed by atoms with E-state index in [-0.39, 0.29) is 17.9 Å². The number of fused-ring (bicyclic) bond motifs is 2. The molecule has 1 aromatic heterocycles. The van der Waals surface area contributed by atoms with Gasteiger partial charge in [0.05, 0.1) is 44.1 Å². The van der Waals surface area contributed by atoms with Crippen LogP contribution in [0.2, 0.25) is 0 Å². The monoisotopic (exact) mass is 451 g/mol. The molecular weight excluding hydrogens is 426 g/mol. The van der Waals surface area contributed by atoms with Crippen LogP contribution in [0.3, 0.4) is 0 Å². The average molecular weight is 451 g/mol. The van der Waals surface area contributed by atoms with Crippen molar-refractivity contribution < 1.29 is 23.8 Å². The molecule has 0 unspecified atom stereocenters. The van der Waals surface area contributed by atoms with Crippen molar-refractivity contribution in [3.8, 4) is 11.5 Å². The molecule has 3 aromatic rings. The van der Waals surface area contributed by atoms with E-state index in [1.54, 1.807) is 35.2 Å².